The van der Waals surface area contributed by atoms with E-state index < -0.39 is 5.91 Å². The molecular weight excluding hydrogens is 254 g/mol. The summed E-state index contributed by atoms with van der Waals surface area (Å²) in [6, 6.07) is 7.70. The zero-order valence-corrected chi connectivity index (χ0v) is 11.3. The van der Waals surface area contributed by atoms with E-state index in [0.717, 1.165) is 11.1 Å². The average Bonchev–Trinajstić information content (AvgIpc) is 2.41. The highest BCUT2D eigenvalue weighted by Gasteiger charge is 2.13. The number of rotatable bonds is 3. The van der Waals surface area contributed by atoms with Gasteiger partial charge in [0.15, 0.2) is 0 Å². The third-order valence-electron chi connectivity index (χ3n) is 2.90. The third kappa shape index (κ3) is 3.00. The van der Waals surface area contributed by atoms with E-state index in [1.54, 1.807) is 13.1 Å². The average molecular weight is 269 g/mol. The highest BCUT2D eigenvalue weighted by Crippen LogP contribution is 2.18. The second kappa shape index (κ2) is 5.97. The molecule has 1 amide bonds. The van der Waals surface area contributed by atoms with Crippen molar-refractivity contribution in [1.29, 1.82) is 0 Å². The Balaban J connectivity index is 2.12. The highest BCUT2D eigenvalue weighted by atomic mass is 16.3. The molecule has 0 fully saturated rings. The Hall–Kier alpha value is -2.69. The smallest absolute Gasteiger partial charge is 0.275 e. The van der Waals surface area contributed by atoms with Crippen LogP contribution in [0.2, 0.25) is 0 Å². The van der Waals surface area contributed by atoms with Gasteiger partial charge in [-0.15, -0.1) is 0 Å². The number of aryl methyl sites for hydroxylation is 2. The monoisotopic (exact) mass is 269 g/mol. The fourth-order valence-corrected chi connectivity index (χ4v) is 1.79. The lowest BCUT2D eigenvalue weighted by atomic mass is 10.1. The van der Waals surface area contributed by atoms with Crippen LogP contribution in [0.5, 0.6) is 5.75 Å². The number of nitrogens with zero attached hydrogens (tertiary/aromatic N) is 2. The van der Waals surface area contributed by atoms with E-state index in [-0.39, 0.29) is 11.3 Å². The molecule has 0 unspecified atom stereocenters. The summed E-state index contributed by atoms with van der Waals surface area (Å²) in [6.07, 6.45) is 4.31. The molecule has 0 atom stereocenters. The molecule has 2 N–H and O–H groups in total. The molecule has 2 rings (SSSR count). The van der Waals surface area contributed by atoms with Gasteiger partial charge in [0, 0.05) is 6.20 Å². The summed E-state index contributed by atoms with van der Waals surface area (Å²) in [5.74, 6) is -0.624. The molecule has 0 saturated carbocycles. The van der Waals surface area contributed by atoms with Crippen molar-refractivity contribution in [3.8, 4) is 5.75 Å². The molecule has 0 aliphatic heterocycles. The maximum absolute atomic E-state index is 11.9. The van der Waals surface area contributed by atoms with Crippen LogP contribution in [-0.2, 0) is 0 Å². The normalized spacial score (nSPS) is 10.7. The first-order valence-electron chi connectivity index (χ1n) is 6.12. The summed E-state index contributed by atoms with van der Waals surface area (Å²) in [7, 11) is 0. The van der Waals surface area contributed by atoms with Crippen molar-refractivity contribution in [3.05, 3.63) is 58.9 Å². The molecule has 0 saturated heterocycles. The molecule has 102 valence electrons. The largest absolute Gasteiger partial charge is 0.505 e. The summed E-state index contributed by atoms with van der Waals surface area (Å²) < 4.78 is 0. The van der Waals surface area contributed by atoms with Gasteiger partial charge in [0.25, 0.3) is 5.91 Å². The highest BCUT2D eigenvalue weighted by molar-refractivity contribution is 5.98. The van der Waals surface area contributed by atoms with Gasteiger partial charge in [-0.1, -0.05) is 24.3 Å². The number of pyridine rings is 1. The lowest BCUT2D eigenvalue weighted by Gasteiger charge is -2.05. The summed E-state index contributed by atoms with van der Waals surface area (Å²) >= 11 is 0. The first kappa shape index (κ1) is 13.7. The third-order valence-corrected chi connectivity index (χ3v) is 2.90. The van der Waals surface area contributed by atoms with Crippen LogP contribution in [0.25, 0.3) is 0 Å². The Morgan fingerprint density at radius 1 is 1.25 bits per heavy atom. The number of aromatic nitrogens is 1. The quantitative estimate of drug-likeness (QED) is 0.662. The standard InChI is InChI=1S/C15H15N3O2/c1-10-5-3-4-6-12(10)8-17-18-15(20)14-11(2)7-16-9-13(14)19/h3-9,19H,1-2H3,(H,18,20). The Bertz CT molecular complexity index is 646. The lowest BCUT2D eigenvalue weighted by Crippen LogP contribution is -2.19. The van der Waals surface area contributed by atoms with E-state index in [0.29, 0.717) is 5.56 Å². The molecule has 5 nitrogen and oxygen atoms in total. The minimum Gasteiger partial charge on any atom is -0.505 e. The molecule has 1 aromatic carbocycles. The van der Waals surface area contributed by atoms with Crippen molar-refractivity contribution in [2.24, 2.45) is 5.10 Å². The predicted molar refractivity (Wildman–Crippen MR) is 76.9 cm³/mol. The molecule has 2 aromatic rings. The van der Waals surface area contributed by atoms with E-state index in [1.165, 1.54) is 12.4 Å². The van der Waals surface area contributed by atoms with Gasteiger partial charge in [-0.2, -0.15) is 5.10 Å². The van der Waals surface area contributed by atoms with Crippen LogP contribution < -0.4 is 5.43 Å². The van der Waals surface area contributed by atoms with Crippen LogP contribution in [0.1, 0.15) is 27.0 Å². The van der Waals surface area contributed by atoms with Gasteiger partial charge in [0.2, 0.25) is 0 Å². The number of hydrogen-bond acceptors (Lipinski definition) is 4. The van der Waals surface area contributed by atoms with Crippen LogP contribution in [0.15, 0.2) is 41.8 Å². The number of carbonyl (C=O) groups excluding carboxylic acids is 1. The van der Waals surface area contributed by atoms with Crippen molar-refractivity contribution in [1.82, 2.24) is 10.4 Å². The van der Waals surface area contributed by atoms with E-state index >= 15 is 0 Å². The van der Waals surface area contributed by atoms with Gasteiger partial charge < -0.3 is 5.11 Å². The molecule has 0 aliphatic rings. The maximum atomic E-state index is 11.9. The summed E-state index contributed by atoms with van der Waals surface area (Å²) in [5.41, 5.74) is 5.16. The molecule has 0 bridgehead atoms. The minimum absolute atomic E-state index is 0.159. The van der Waals surface area contributed by atoms with Gasteiger partial charge in [-0.25, -0.2) is 5.43 Å². The van der Waals surface area contributed by atoms with Crippen molar-refractivity contribution in [2.45, 2.75) is 13.8 Å². The molecule has 20 heavy (non-hydrogen) atoms. The van der Waals surface area contributed by atoms with E-state index in [2.05, 4.69) is 15.5 Å². The lowest BCUT2D eigenvalue weighted by molar-refractivity contribution is 0.0951. The number of aromatic hydroxyl groups is 1. The minimum atomic E-state index is -0.466. The molecule has 0 aliphatic carbocycles. The van der Waals surface area contributed by atoms with E-state index in [1.807, 2.05) is 31.2 Å². The number of benzene rings is 1. The van der Waals surface area contributed by atoms with E-state index in [4.69, 9.17) is 0 Å². The number of carbonyl (C=O) groups is 1. The fraction of sp³-hybridized carbons (Fsp3) is 0.133. The van der Waals surface area contributed by atoms with Crippen molar-refractivity contribution in [2.75, 3.05) is 0 Å². The molecular formula is C15H15N3O2. The van der Waals surface area contributed by atoms with Crippen molar-refractivity contribution in [3.63, 3.8) is 0 Å². The van der Waals surface area contributed by atoms with Crippen molar-refractivity contribution < 1.29 is 9.90 Å². The van der Waals surface area contributed by atoms with Gasteiger partial charge in [-0.3, -0.25) is 9.78 Å². The Labute approximate surface area is 117 Å². The molecule has 1 heterocycles. The van der Waals surface area contributed by atoms with Gasteiger partial charge in [0.1, 0.15) is 5.75 Å². The Morgan fingerprint density at radius 2 is 2.00 bits per heavy atom. The second-order valence-corrected chi connectivity index (χ2v) is 4.41. The van der Waals surface area contributed by atoms with Gasteiger partial charge >= 0.3 is 0 Å². The summed E-state index contributed by atoms with van der Waals surface area (Å²) in [6.45, 7) is 3.66. The SMILES string of the molecule is Cc1ccccc1C=NNC(=O)c1c(C)cncc1O. The van der Waals surface area contributed by atoms with Crippen LogP contribution in [0, 0.1) is 13.8 Å². The zero-order valence-electron chi connectivity index (χ0n) is 11.3. The second-order valence-electron chi connectivity index (χ2n) is 4.41. The van der Waals surface area contributed by atoms with Gasteiger partial charge in [0.05, 0.1) is 18.0 Å². The van der Waals surface area contributed by atoms with Crippen LogP contribution in [0.3, 0.4) is 0 Å². The van der Waals surface area contributed by atoms with E-state index in [9.17, 15) is 9.90 Å². The summed E-state index contributed by atoms with van der Waals surface area (Å²) in [5, 5.41) is 13.6. The number of amides is 1. The molecule has 5 heteroatoms. The Morgan fingerprint density at radius 3 is 2.70 bits per heavy atom. The predicted octanol–water partition coefficient (Wildman–Crippen LogP) is 2.17. The topological polar surface area (TPSA) is 74.6 Å². The maximum Gasteiger partial charge on any atom is 0.275 e. The van der Waals surface area contributed by atoms with Crippen LogP contribution in [0.4, 0.5) is 0 Å². The summed E-state index contributed by atoms with van der Waals surface area (Å²) in [4.78, 5) is 15.7. The first-order valence-corrected chi connectivity index (χ1v) is 6.12. The Kier molecular flexibility index (Phi) is 4.10. The number of nitrogens with one attached hydrogen (secondary N) is 1. The molecule has 0 spiro atoms. The van der Waals surface area contributed by atoms with Crippen LogP contribution in [-0.4, -0.2) is 22.2 Å². The molecule has 0 radical (unpaired) electrons. The van der Waals surface area contributed by atoms with Crippen LogP contribution >= 0.6 is 0 Å². The van der Waals surface area contributed by atoms with Gasteiger partial charge in [-0.05, 0) is 30.5 Å². The first-order chi connectivity index (χ1) is 9.59. The number of hydrogen-bond donors (Lipinski definition) is 2. The van der Waals surface area contributed by atoms with Crippen molar-refractivity contribution >= 4 is 12.1 Å². The fourth-order valence-electron chi connectivity index (χ4n) is 1.79. The molecule has 1 aromatic heterocycles. The number of hydrazone groups is 1. The zero-order chi connectivity index (χ0) is 14.5.